The zero-order valence-corrected chi connectivity index (χ0v) is 19.3. The monoisotopic (exact) mass is 470 g/mol. The molecule has 1 aliphatic heterocycles. The van der Waals surface area contributed by atoms with Crippen LogP contribution in [0.15, 0.2) is 65.8 Å². The first-order valence-corrected chi connectivity index (χ1v) is 12.4. The molecule has 2 heterocycles. The van der Waals surface area contributed by atoms with Gasteiger partial charge >= 0.3 is 0 Å². The lowest BCUT2D eigenvalue weighted by Gasteiger charge is -2.21. The molecule has 174 valence electrons. The molecule has 1 saturated heterocycles. The number of hydrogen-bond donors (Lipinski definition) is 1. The molecule has 1 aliphatic rings. The molecule has 0 radical (unpaired) electrons. The second-order valence-corrected chi connectivity index (χ2v) is 10.1. The van der Waals surface area contributed by atoms with Crippen molar-refractivity contribution < 1.29 is 17.6 Å². The van der Waals surface area contributed by atoms with Gasteiger partial charge in [-0.05, 0) is 48.7 Å². The lowest BCUT2D eigenvalue weighted by Crippen LogP contribution is -2.33. The molecule has 1 atom stereocenters. The van der Waals surface area contributed by atoms with E-state index in [1.165, 1.54) is 28.6 Å². The van der Waals surface area contributed by atoms with Crippen LogP contribution in [0.2, 0.25) is 0 Å². The number of carbonyl (C=O) groups excluding carboxylic acids is 1. The summed E-state index contributed by atoms with van der Waals surface area (Å²) in [5.41, 5.74) is 0.889. The van der Waals surface area contributed by atoms with Gasteiger partial charge in [0, 0.05) is 38.1 Å². The highest BCUT2D eigenvalue weighted by Gasteiger charge is 2.27. The van der Waals surface area contributed by atoms with Crippen LogP contribution >= 0.6 is 0 Å². The zero-order valence-electron chi connectivity index (χ0n) is 18.4. The summed E-state index contributed by atoms with van der Waals surface area (Å²) >= 11 is 0. The molecule has 0 aliphatic carbocycles. The van der Waals surface area contributed by atoms with Crippen molar-refractivity contribution in [1.82, 2.24) is 19.2 Å². The number of imidazole rings is 1. The van der Waals surface area contributed by atoms with Gasteiger partial charge in [-0.15, -0.1) is 0 Å². The van der Waals surface area contributed by atoms with E-state index in [9.17, 15) is 17.6 Å². The second-order valence-electron chi connectivity index (χ2n) is 8.20. The van der Waals surface area contributed by atoms with Gasteiger partial charge in [0.05, 0.1) is 4.90 Å². The summed E-state index contributed by atoms with van der Waals surface area (Å²) in [6.45, 7) is 0.981. The predicted octanol–water partition coefficient (Wildman–Crippen LogP) is 3.64. The number of halogens is 1. The summed E-state index contributed by atoms with van der Waals surface area (Å²) in [7, 11) is -1.88. The van der Waals surface area contributed by atoms with Crippen molar-refractivity contribution in [3.8, 4) is 0 Å². The van der Waals surface area contributed by atoms with Gasteiger partial charge in [-0.1, -0.05) is 31.0 Å². The molecular formula is C24H27FN4O3S. The first-order chi connectivity index (χ1) is 15.9. The van der Waals surface area contributed by atoms with Crippen LogP contribution in [0.4, 0.5) is 4.39 Å². The minimum atomic E-state index is -3.68. The maximum Gasteiger partial charge on any atom is 0.252 e. The van der Waals surface area contributed by atoms with E-state index in [4.69, 9.17) is 0 Å². The summed E-state index contributed by atoms with van der Waals surface area (Å²) in [4.78, 5) is 17.6. The Balaban J connectivity index is 1.61. The maximum atomic E-state index is 13.5. The predicted molar refractivity (Wildman–Crippen MR) is 123 cm³/mol. The third-order valence-corrected chi connectivity index (χ3v) is 7.79. The number of nitrogens with zero attached hydrogens (tertiary/aromatic N) is 3. The minimum absolute atomic E-state index is 0.104. The maximum absolute atomic E-state index is 13.5. The van der Waals surface area contributed by atoms with Crippen molar-refractivity contribution >= 4 is 15.9 Å². The van der Waals surface area contributed by atoms with Crippen molar-refractivity contribution in [3.05, 3.63) is 83.7 Å². The average Bonchev–Trinajstić information content (AvgIpc) is 3.06. The van der Waals surface area contributed by atoms with Gasteiger partial charge in [0.15, 0.2) is 0 Å². The van der Waals surface area contributed by atoms with Crippen molar-refractivity contribution in [2.75, 3.05) is 13.1 Å². The largest absolute Gasteiger partial charge is 0.338 e. The van der Waals surface area contributed by atoms with Crippen LogP contribution in [0.5, 0.6) is 0 Å². The highest BCUT2D eigenvalue weighted by molar-refractivity contribution is 7.89. The molecule has 0 unspecified atom stereocenters. The molecule has 7 nitrogen and oxygen atoms in total. The van der Waals surface area contributed by atoms with Crippen molar-refractivity contribution in [3.63, 3.8) is 0 Å². The Morgan fingerprint density at radius 2 is 1.76 bits per heavy atom. The number of nitrogens with one attached hydrogen (secondary N) is 1. The summed E-state index contributed by atoms with van der Waals surface area (Å²) in [5.74, 6) is -0.251. The van der Waals surface area contributed by atoms with E-state index in [-0.39, 0.29) is 16.3 Å². The number of rotatable bonds is 6. The molecule has 4 rings (SSSR count). The second kappa shape index (κ2) is 9.84. The van der Waals surface area contributed by atoms with E-state index < -0.39 is 22.0 Å². The lowest BCUT2D eigenvalue weighted by molar-refractivity contribution is 0.0941. The highest BCUT2D eigenvalue weighted by atomic mass is 32.2. The molecule has 1 aromatic heterocycles. The van der Waals surface area contributed by atoms with Gasteiger partial charge in [0.1, 0.15) is 17.7 Å². The number of amides is 1. The molecule has 33 heavy (non-hydrogen) atoms. The smallest absolute Gasteiger partial charge is 0.252 e. The standard InChI is InChI=1S/C24H27FN4O3S/c1-28-16-13-26-23(28)22(18-9-11-20(25)12-10-18)27-24(30)19-7-6-8-21(17-19)33(31,32)29-14-4-2-3-5-15-29/h6-13,16-17,22H,2-5,14-15H2,1H3,(H,27,30)/t22-/m1/s1. The van der Waals surface area contributed by atoms with Gasteiger partial charge in [-0.3, -0.25) is 4.79 Å². The molecule has 2 aromatic carbocycles. The molecule has 1 fully saturated rings. The van der Waals surface area contributed by atoms with E-state index in [2.05, 4.69) is 10.3 Å². The van der Waals surface area contributed by atoms with Crippen LogP contribution in [0.3, 0.4) is 0 Å². The van der Waals surface area contributed by atoms with Crippen LogP contribution in [-0.4, -0.2) is 41.3 Å². The van der Waals surface area contributed by atoms with Gasteiger partial charge < -0.3 is 9.88 Å². The molecule has 0 bridgehead atoms. The van der Waals surface area contributed by atoms with Gasteiger partial charge in [0.2, 0.25) is 10.0 Å². The highest BCUT2D eigenvalue weighted by Crippen LogP contribution is 2.24. The van der Waals surface area contributed by atoms with Gasteiger partial charge in [-0.2, -0.15) is 4.31 Å². The van der Waals surface area contributed by atoms with E-state index in [1.54, 1.807) is 48.3 Å². The molecule has 1 N–H and O–H groups in total. The summed E-state index contributed by atoms with van der Waals surface area (Å²) < 4.78 is 43.1. The number of benzene rings is 2. The topological polar surface area (TPSA) is 84.3 Å². The number of carbonyl (C=O) groups is 1. The normalized spacial score (nSPS) is 16.2. The summed E-state index contributed by atoms with van der Waals surface area (Å²) in [6, 6.07) is 11.3. The Labute approximate surface area is 193 Å². The van der Waals surface area contributed by atoms with E-state index in [0.29, 0.717) is 24.5 Å². The first kappa shape index (κ1) is 23.1. The molecule has 1 amide bonds. The summed E-state index contributed by atoms with van der Waals surface area (Å²) in [6.07, 6.45) is 7.09. The molecule has 0 saturated carbocycles. The van der Waals surface area contributed by atoms with Crippen molar-refractivity contribution in [1.29, 1.82) is 0 Å². The summed E-state index contributed by atoms with van der Waals surface area (Å²) in [5, 5.41) is 2.93. The number of sulfonamides is 1. The zero-order chi connectivity index (χ0) is 23.4. The fourth-order valence-corrected chi connectivity index (χ4v) is 5.61. The SMILES string of the molecule is Cn1ccnc1[C@H](NC(=O)c1cccc(S(=O)(=O)N2CCCCCC2)c1)c1ccc(F)cc1. The molecular weight excluding hydrogens is 443 g/mol. The number of aromatic nitrogens is 2. The molecule has 0 spiro atoms. The number of aryl methyl sites for hydroxylation is 1. The van der Waals surface area contributed by atoms with Crippen LogP contribution in [0.1, 0.15) is 53.5 Å². The third-order valence-electron chi connectivity index (χ3n) is 5.89. The molecule has 9 heteroatoms. The number of hydrogen-bond acceptors (Lipinski definition) is 4. The van der Waals surface area contributed by atoms with Crippen LogP contribution < -0.4 is 5.32 Å². The Morgan fingerprint density at radius 3 is 2.39 bits per heavy atom. The van der Waals surface area contributed by atoms with E-state index in [0.717, 1.165) is 25.7 Å². The Kier molecular flexibility index (Phi) is 6.90. The van der Waals surface area contributed by atoms with Gasteiger partial charge in [0.25, 0.3) is 5.91 Å². The minimum Gasteiger partial charge on any atom is -0.338 e. The Morgan fingerprint density at radius 1 is 1.06 bits per heavy atom. The van der Waals surface area contributed by atoms with Crippen LogP contribution in [-0.2, 0) is 17.1 Å². The average molecular weight is 471 g/mol. The molecule has 3 aromatic rings. The fourth-order valence-electron chi connectivity index (χ4n) is 4.05. The van der Waals surface area contributed by atoms with Crippen molar-refractivity contribution in [2.24, 2.45) is 7.05 Å². The lowest BCUT2D eigenvalue weighted by atomic mass is 10.1. The van der Waals surface area contributed by atoms with E-state index in [1.807, 2.05) is 0 Å². The van der Waals surface area contributed by atoms with Gasteiger partial charge in [-0.25, -0.2) is 17.8 Å². The van der Waals surface area contributed by atoms with Crippen LogP contribution in [0, 0.1) is 5.82 Å². The quantitative estimate of drug-likeness (QED) is 0.596. The third kappa shape index (κ3) is 5.15. The first-order valence-electron chi connectivity index (χ1n) is 11.0. The van der Waals surface area contributed by atoms with Crippen molar-refractivity contribution in [2.45, 2.75) is 36.6 Å². The fraction of sp³-hybridized carbons (Fsp3) is 0.333. The van der Waals surface area contributed by atoms with E-state index >= 15 is 0 Å². The van der Waals surface area contributed by atoms with Crippen LogP contribution in [0.25, 0.3) is 0 Å². The Bertz CT molecular complexity index is 1220. The Hall–Kier alpha value is -3.04.